The molecule has 4 rings (SSSR count). The van der Waals surface area contributed by atoms with Gasteiger partial charge in [0.05, 0.1) is 4.90 Å². The van der Waals surface area contributed by atoms with Crippen molar-refractivity contribution in [2.75, 3.05) is 41.1 Å². The molecule has 0 unspecified atom stereocenters. The number of nitrogens with zero attached hydrogens (tertiary/aromatic N) is 3. The summed E-state index contributed by atoms with van der Waals surface area (Å²) in [7, 11) is -3.65. The fourth-order valence-corrected chi connectivity index (χ4v) is 4.51. The molecule has 0 aliphatic carbocycles. The van der Waals surface area contributed by atoms with E-state index < -0.39 is 10.0 Å². The van der Waals surface area contributed by atoms with Gasteiger partial charge in [-0.1, -0.05) is 26.0 Å². The Hall–Kier alpha value is -3.17. The average Bonchev–Trinajstić information content (AvgIpc) is 2.81. The van der Waals surface area contributed by atoms with Gasteiger partial charge in [-0.15, -0.1) is 0 Å². The molecule has 1 aliphatic heterocycles. The molecule has 0 bridgehead atoms. The second-order valence-corrected chi connectivity index (χ2v) is 9.69. The molecule has 1 fully saturated rings. The molecule has 0 amide bonds. The van der Waals surface area contributed by atoms with Crippen LogP contribution in [0.4, 0.5) is 23.1 Å². The molecule has 2 aromatic carbocycles. The fraction of sp³-hybridized carbons (Fsp3) is 0.304. The molecule has 1 aliphatic rings. The molecule has 0 saturated carbocycles. The van der Waals surface area contributed by atoms with E-state index in [1.54, 1.807) is 30.5 Å². The van der Waals surface area contributed by atoms with Crippen molar-refractivity contribution in [1.29, 1.82) is 0 Å². The lowest BCUT2D eigenvalue weighted by Gasteiger charge is -2.27. The number of anilines is 4. The van der Waals surface area contributed by atoms with E-state index in [9.17, 15) is 8.42 Å². The Morgan fingerprint density at radius 1 is 0.938 bits per heavy atom. The molecular weight excluding hydrogens is 424 g/mol. The van der Waals surface area contributed by atoms with Crippen molar-refractivity contribution in [3.8, 4) is 0 Å². The first-order valence-electron chi connectivity index (χ1n) is 10.7. The summed E-state index contributed by atoms with van der Waals surface area (Å²) in [5.41, 5.74) is 2.40. The summed E-state index contributed by atoms with van der Waals surface area (Å²) in [4.78, 5) is 11.4. The summed E-state index contributed by atoms with van der Waals surface area (Å²) in [6, 6.07) is 15.9. The van der Waals surface area contributed by atoms with Crippen molar-refractivity contribution in [2.24, 2.45) is 0 Å². The number of benzene rings is 2. The Kier molecular flexibility index (Phi) is 6.57. The lowest BCUT2D eigenvalue weighted by atomic mass is 10.0. The number of sulfonamides is 1. The minimum absolute atomic E-state index is 0.241. The first-order valence-corrected chi connectivity index (χ1v) is 12.2. The van der Waals surface area contributed by atoms with Crippen LogP contribution < -0.4 is 20.3 Å². The fourth-order valence-electron chi connectivity index (χ4n) is 3.45. The number of hydrogen-bond donors (Lipinski definition) is 3. The number of nitrogens with one attached hydrogen (secondary N) is 3. The van der Waals surface area contributed by atoms with E-state index in [0.717, 1.165) is 37.4 Å². The normalized spacial score (nSPS) is 14.4. The molecule has 8 nitrogen and oxygen atoms in total. The molecule has 0 spiro atoms. The van der Waals surface area contributed by atoms with E-state index in [2.05, 4.69) is 44.1 Å². The van der Waals surface area contributed by atoms with Gasteiger partial charge < -0.3 is 15.5 Å². The summed E-state index contributed by atoms with van der Waals surface area (Å²) in [6.07, 6.45) is 1.74. The van der Waals surface area contributed by atoms with Gasteiger partial charge in [0.2, 0.25) is 5.95 Å². The number of aromatic nitrogens is 2. The van der Waals surface area contributed by atoms with E-state index in [1.165, 1.54) is 0 Å². The van der Waals surface area contributed by atoms with Crippen molar-refractivity contribution in [3.63, 3.8) is 0 Å². The number of rotatable bonds is 7. The zero-order valence-corrected chi connectivity index (χ0v) is 19.1. The second kappa shape index (κ2) is 9.54. The summed E-state index contributed by atoms with van der Waals surface area (Å²) >= 11 is 0. The zero-order valence-electron chi connectivity index (χ0n) is 18.2. The molecule has 0 radical (unpaired) electrons. The summed E-state index contributed by atoms with van der Waals surface area (Å²) in [5.74, 6) is 1.74. The summed E-state index contributed by atoms with van der Waals surface area (Å²) in [6.45, 7) is 7.73. The largest absolute Gasteiger partial charge is 0.340 e. The highest BCUT2D eigenvalue weighted by Crippen LogP contribution is 2.22. The Bertz CT molecular complexity index is 1140. The van der Waals surface area contributed by atoms with Gasteiger partial charge >= 0.3 is 0 Å². The molecule has 3 N–H and O–H groups in total. The molecule has 3 aromatic rings. The van der Waals surface area contributed by atoms with Crippen molar-refractivity contribution in [3.05, 3.63) is 66.4 Å². The summed E-state index contributed by atoms with van der Waals surface area (Å²) < 4.78 is 28.0. The van der Waals surface area contributed by atoms with Crippen LogP contribution in [0.25, 0.3) is 0 Å². The first-order chi connectivity index (χ1) is 15.4. The monoisotopic (exact) mass is 452 g/mol. The highest BCUT2D eigenvalue weighted by Gasteiger charge is 2.15. The van der Waals surface area contributed by atoms with E-state index in [1.807, 2.05) is 30.3 Å². The average molecular weight is 453 g/mol. The topological polar surface area (TPSA) is 99.2 Å². The third kappa shape index (κ3) is 5.35. The molecule has 32 heavy (non-hydrogen) atoms. The van der Waals surface area contributed by atoms with Crippen molar-refractivity contribution in [1.82, 2.24) is 15.3 Å². The Morgan fingerprint density at radius 3 is 2.25 bits per heavy atom. The molecule has 0 atom stereocenters. The van der Waals surface area contributed by atoms with Gasteiger partial charge in [0.1, 0.15) is 5.82 Å². The Balaban J connectivity index is 1.42. The minimum Gasteiger partial charge on any atom is -0.340 e. The lowest BCUT2D eigenvalue weighted by Crippen LogP contribution is -2.44. The first kappa shape index (κ1) is 22.0. The van der Waals surface area contributed by atoms with Crippen LogP contribution in [-0.2, 0) is 10.0 Å². The third-order valence-corrected chi connectivity index (χ3v) is 6.71. The van der Waals surface area contributed by atoms with E-state index in [4.69, 9.17) is 0 Å². The van der Waals surface area contributed by atoms with E-state index in [0.29, 0.717) is 23.4 Å². The standard InChI is InChI=1S/C23H28N6O2S/c1-17(2)18-3-9-21(10-4-18)32(30,31)28-20-7-5-19(6-8-20)26-22-11-12-25-23(27-22)29-15-13-24-14-16-29/h3-12,17,24,28H,13-16H2,1-2H3,(H,25,26,27). The van der Waals surface area contributed by atoms with Crippen LogP contribution in [0.2, 0.25) is 0 Å². The van der Waals surface area contributed by atoms with Crippen LogP contribution >= 0.6 is 0 Å². The quantitative estimate of drug-likeness (QED) is 0.504. The second-order valence-electron chi connectivity index (χ2n) is 8.01. The maximum absolute atomic E-state index is 12.7. The maximum atomic E-state index is 12.7. The lowest BCUT2D eigenvalue weighted by molar-refractivity contribution is 0.580. The molecule has 1 saturated heterocycles. The number of piperazine rings is 1. The molecule has 9 heteroatoms. The minimum atomic E-state index is -3.65. The van der Waals surface area contributed by atoms with Crippen LogP contribution in [0.1, 0.15) is 25.3 Å². The highest BCUT2D eigenvalue weighted by molar-refractivity contribution is 7.92. The van der Waals surface area contributed by atoms with Crippen molar-refractivity contribution in [2.45, 2.75) is 24.7 Å². The van der Waals surface area contributed by atoms with Crippen LogP contribution in [0, 0.1) is 0 Å². The van der Waals surface area contributed by atoms with Crippen LogP contribution in [0.5, 0.6) is 0 Å². The summed E-state index contributed by atoms with van der Waals surface area (Å²) in [5, 5.41) is 6.57. The Morgan fingerprint density at radius 2 is 1.59 bits per heavy atom. The van der Waals surface area contributed by atoms with Crippen LogP contribution in [0.15, 0.2) is 65.7 Å². The molecule has 1 aromatic heterocycles. The predicted octanol–water partition coefficient (Wildman–Crippen LogP) is 3.55. The molecular formula is C23H28N6O2S. The van der Waals surface area contributed by atoms with Crippen LogP contribution in [-0.4, -0.2) is 44.6 Å². The van der Waals surface area contributed by atoms with Crippen molar-refractivity contribution >= 4 is 33.2 Å². The van der Waals surface area contributed by atoms with Gasteiger partial charge in [-0.3, -0.25) is 4.72 Å². The van der Waals surface area contributed by atoms with E-state index in [-0.39, 0.29) is 4.90 Å². The zero-order chi connectivity index (χ0) is 22.6. The predicted molar refractivity (Wildman–Crippen MR) is 128 cm³/mol. The molecule has 2 heterocycles. The van der Waals surface area contributed by atoms with Gasteiger partial charge in [-0.25, -0.2) is 13.4 Å². The highest BCUT2D eigenvalue weighted by atomic mass is 32.2. The van der Waals surface area contributed by atoms with Gasteiger partial charge in [-0.05, 0) is 53.9 Å². The van der Waals surface area contributed by atoms with Crippen molar-refractivity contribution < 1.29 is 8.42 Å². The molecule has 168 valence electrons. The third-order valence-electron chi connectivity index (χ3n) is 5.31. The van der Waals surface area contributed by atoms with Gasteiger partial charge in [-0.2, -0.15) is 4.98 Å². The Labute approximate surface area is 189 Å². The van der Waals surface area contributed by atoms with Crippen LogP contribution in [0.3, 0.4) is 0 Å². The van der Waals surface area contributed by atoms with E-state index >= 15 is 0 Å². The number of hydrogen-bond acceptors (Lipinski definition) is 7. The smallest absolute Gasteiger partial charge is 0.261 e. The van der Waals surface area contributed by atoms with Gasteiger partial charge in [0.15, 0.2) is 0 Å². The van der Waals surface area contributed by atoms with Gasteiger partial charge in [0, 0.05) is 43.8 Å². The maximum Gasteiger partial charge on any atom is 0.261 e. The SMILES string of the molecule is CC(C)c1ccc(S(=O)(=O)Nc2ccc(Nc3ccnc(N4CCNCC4)n3)cc2)cc1. The van der Waals surface area contributed by atoms with Gasteiger partial charge in [0.25, 0.3) is 10.0 Å².